The summed E-state index contributed by atoms with van der Waals surface area (Å²) >= 11 is 0. The maximum atomic E-state index is 5.97. The van der Waals surface area contributed by atoms with E-state index in [9.17, 15) is 0 Å². The maximum absolute atomic E-state index is 5.97. The molecule has 3 nitrogen and oxygen atoms in total. The molecule has 17 heavy (non-hydrogen) atoms. The molecule has 0 saturated carbocycles. The number of fused-ring (bicyclic) bond motifs is 1. The van der Waals surface area contributed by atoms with Crippen LogP contribution in [0.15, 0.2) is 55.0 Å². The van der Waals surface area contributed by atoms with Crippen molar-refractivity contribution in [2.24, 2.45) is 0 Å². The van der Waals surface area contributed by atoms with E-state index >= 15 is 0 Å². The molecule has 0 unspecified atom stereocenters. The minimum absolute atomic E-state index is 0.781. The number of rotatable bonds is 1. The second kappa shape index (κ2) is 3.87. The van der Waals surface area contributed by atoms with Crippen LogP contribution in [0.3, 0.4) is 0 Å². The number of anilines is 1. The first-order valence-corrected chi connectivity index (χ1v) is 5.39. The molecule has 2 aromatic carbocycles. The van der Waals surface area contributed by atoms with Crippen LogP contribution in [0.2, 0.25) is 0 Å². The highest BCUT2D eigenvalue weighted by molar-refractivity contribution is 5.86. The molecule has 3 rings (SSSR count). The van der Waals surface area contributed by atoms with E-state index in [1.54, 1.807) is 6.33 Å². The summed E-state index contributed by atoms with van der Waals surface area (Å²) < 4.78 is 0. The van der Waals surface area contributed by atoms with Crippen molar-refractivity contribution in [1.82, 2.24) is 9.97 Å². The van der Waals surface area contributed by atoms with Crippen LogP contribution in [0.1, 0.15) is 0 Å². The fraction of sp³-hybridized carbons (Fsp3) is 0. The van der Waals surface area contributed by atoms with E-state index in [0.717, 1.165) is 27.7 Å². The highest BCUT2D eigenvalue weighted by Gasteiger charge is 2.03. The quantitative estimate of drug-likeness (QED) is 0.643. The summed E-state index contributed by atoms with van der Waals surface area (Å²) in [5.74, 6) is 0. The number of hydrogen-bond donors (Lipinski definition) is 1. The lowest BCUT2D eigenvalue weighted by Crippen LogP contribution is -1.89. The Balaban J connectivity index is 2.22. The van der Waals surface area contributed by atoms with Crippen LogP contribution in [0, 0.1) is 0 Å². The van der Waals surface area contributed by atoms with Gasteiger partial charge in [0, 0.05) is 22.8 Å². The van der Waals surface area contributed by atoms with E-state index < -0.39 is 0 Å². The SMILES string of the molecule is Nc1ccccc1-c1ccc2ncncc2c1. The average Bonchev–Trinajstić information content (AvgIpc) is 2.39. The van der Waals surface area contributed by atoms with E-state index in [0.29, 0.717) is 0 Å². The smallest absolute Gasteiger partial charge is 0.116 e. The van der Waals surface area contributed by atoms with Crippen molar-refractivity contribution in [2.45, 2.75) is 0 Å². The molecule has 0 aliphatic carbocycles. The Hall–Kier alpha value is -2.42. The topological polar surface area (TPSA) is 51.8 Å². The summed E-state index contributed by atoms with van der Waals surface area (Å²) in [5.41, 5.74) is 9.82. The van der Waals surface area contributed by atoms with E-state index in [1.165, 1.54) is 0 Å². The predicted molar refractivity (Wildman–Crippen MR) is 69.4 cm³/mol. The van der Waals surface area contributed by atoms with Gasteiger partial charge >= 0.3 is 0 Å². The molecule has 0 atom stereocenters. The molecule has 0 saturated heterocycles. The molecule has 1 heterocycles. The summed E-state index contributed by atoms with van der Waals surface area (Å²) in [6.07, 6.45) is 3.36. The monoisotopic (exact) mass is 221 g/mol. The number of benzene rings is 2. The number of nitrogen functional groups attached to an aromatic ring is 1. The van der Waals surface area contributed by atoms with E-state index in [2.05, 4.69) is 16.0 Å². The van der Waals surface area contributed by atoms with Gasteiger partial charge in [0.1, 0.15) is 6.33 Å². The second-order valence-electron chi connectivity index (χ2n) is 3.88. The minimum Gasteiger partial charge on any atom is -0.398 e. The van der Waals surface area contributed by atoms with Crippen molar-refractivity contribution in [3.63, 3.8) is 0 Å². The summed E-state index contributed by atoms with van der Waals surface area (Å²) in [4.78, 5) is 8.22. The molecule has 0 fully saturated rings. The zero-order valence-electron chi connectivity index (χ0n) is 9.17. The summed E-state index contributed by atoms with van der Waals surface area (Å²) in [7, 11) is 0. The van der Waals surface area contributed by atoms with Gasteiger partial charge in [-0.15, -0.1) is 0 Å². The van der Waals surface area contributed by atoms with Crippen LogP contribution >= 0.6 is 0 Å². The van der Waals surface area contributed by atoms with Crippen molar-refractivity contribution in [1.29, 1.82) is 0 Å². The number of nitrogens with zero attached hydrogens (tertiary/aromatic N) is 2. The molecule has 0 radical (unpaired) electrons. The largest absolute Gasteiger partial charge is 0.398 e. The fourth-order valence-electron chi connectivity index (χ4n) is 1.91. The van der Waals surface area contributed by atoms with Crippen molar-refractivity contribution >= 4 is 16.6 Å². The van der Waals surface area contributed by atoms with E-state index in [1.807, 2.05) is 42.6 Å². The minimum atomic E-state index is 0.781. The predicted octanol–water partition coefficient (Wildman–Crippen LogP) is 2.88. The maximum Gasteiger partial charge on any atom is 0.116 e. The Labute approximate surface area is 98.9 Å². The third-order valence-corrected chi connectivity index (χ3v) is 2.78. The van der Waals surface area contributed by atoms with Gasteiger partial charge in [0.25, 0.3) is 0 Å². The molecule has 0 aliphatic heterocycles. The Morgan fingerprint density at radius 1 is 1.00 bits per heavy atom. The van der Waals surface area contributed by atoms with Crippen LogP contribution < -0.4 is 5.73 Å². The molecule has 0 bridgehead atoms. The van der Waals surface area contributed by atoms with Crippen LogP contribution in [0.5, 0.6) is 0 Å². The second-order valence-corrected chi connectivity index (χ2v) is 3.88. The van der Waals surface area contributed by atoms with Gasteiger partial charge in [-0.25, -0.2) is 9.97 Å². The average molecular weight is 221 g/mol. The Kier molecular flexibility index (Phi) is 2.22. The van der Waals surface area contributed by atoms with E-state index in [-0.39, 0.29) is 0 Å². The van der Waals surface area contributed by atoms with Gasteiger partial charge in [-0.05, 0) is 23.8 Å². The van der Waals surface area contributed by atoms with Crippen molar-refractivity contribution in [3.8, 4) is 11.1 Å². The lowest BCUT2D eigenvalue weighted by atomic mass is 10.0. The normalized spacial score (nSPS) is 10.6. The van der Waals surface area contributed by atoms with Crippen LogP contribution in [0.4, 0.5) is 5.69 Å². The van der Waals surface area contributed by atoms with Crippen LogP contribution in [-0.4, -0.2) is 9.97 Å². The van der Waals surface area contributed by atoms with Crippen molar-refractivity contribution in [3.05, 3.63) is 55.0 Å². The molecule has 3 aromatic rings. The number of hydrogen-bond acceptors (Lipinski definition) is 3. The molecule has 1 aromatic heterocycles. The summed E-state index contributed by atoms with van der Waals surface area (Å²) in [6.45, 7) is 0. The van der Waals surface area contributed by atoms with Crippen molar-refractivity contribution < 1.29 is 0 Å². The Bertz CT molecular complexity index is 677. The van der Waals surface area contributed by atoms with Gasteiger partial charge in [-0.2, -0.15) is 0 Å². The number of aromatic nitrogens is 2. The third kappa shape index (κ3) is 1.72. The van der Waals surface area contributed by atoms with Crippen LogP contribution in [0.25, 0.3) is 22.0 Å². The molecule has 2 N–H and O–H groups in total. The highest BCUT2D eigenvalue weighted by atomic mass is 14.8. The summed E-state index contributed by atoms with van der Waals surface area (Å²) in [6, 6.07) is 13.9. The van der Waals surface area contributed by atoms with Gasteiger partial charge in [0.2, 0.25) is 0 Å². The van der Waals surface area contributed by atoms with Crippen LogP contribution in [-0.2, 0) is 0 Å². The van der Waals surface area contributed by atoms with E-state index in [4.69, 9.17) is 5.73 Å². The molecular formula is C14H11N3. The molecular weight excluding hydrogens is 210 g/mol. The lowest BCUT2D eigenvalue weighted by molar-refractivity contribution is 1.22. The first kappa shape index (κ1) is 9.78. The first-order valence-electron chi connectivity index (χ1n) is 5.39. The number of nitrogens with two attached hydrogens (primary N) is 1. The molecule has 0 amide bonds. The zero-order valence-corrected chi connectivity index (χ0v) is 9.17. The molecule has 3 heteroatoms. The standard InChI is InChI=1S/C14H11N3/c15-13-4-2-1-3-12(13)10-5-6-14-11(7-10)8-16-9-17-14/h1-9H,15H2. The molecule has 0 aliphatic rings. The van der Waals surface area contributed by atoms with Gasteiger partial charge < -0.3 is 5.73 Å². The summed E-state index contributed by atoms with van der Waals surface area (Å²) in [5, 5.41) is 1.02. The molecule has 82 valence electrons. The van der Waals surface area contributed by atoms with Gasteiger partial charge in [0.15, 0.2) is 0 Å². The third-order valence-electron chi connectivity index (χ3n) is 2.78. The first-order chi connectivity index (χ1) is 8.34. The van der Waals surface area contributed by atoms with Gasteiger partial charge in [0.05, 0.1) is 5.52 Å². The Morgan fingerprint density at radius 2 is 1.88 bits per heavy atom. The highest BCUT2D eigenvalue weighted by Crippen LogP contribution is 2.27. The lowest BCUT2D eigenvalue weighted by Gasteiger charge is -2.06. The zero-order chi connectivity index (χ0) is 11.7. The van der Waals surface area contributed by atoms with Gasteiger partial charge in [-0.3, -0.25) is 0 Å². The van der Waals surface area contributed by atoms with Crippen molar-refractivity contribution in [2.75, 3.05) is 5.73 Å². The fourth-order valence-corrected chi connectivity index (χ4v) is 1.91. The molecule has 0 spiro atoms. The van der Waals surface area contributed by atoms with Gasteiger partial charge in [-0.1, -0.05) is 24.3 Å². The number of para-hydroxylation sites is 1. The Morgan fingerprint density at radius 3 is 2.76 bits per heavy atom.